The molecular formula is C15H24N4O2. The van der Waals surface area contributed by atoms with Crippen molar-refractivity contribution in [2.45, 2.75) is 33.6 Å². The number of carbonyl (C=O) groups excluding carboxylic acids is 1. The lowest BCUT2D eigenvalue weighted by Crippen LogP contribution is -2.43. The van der Waals surface area contributed by atoms with Crippen molar-refractivity contribution in [1.29, 1.82) is 0 Å². The van der Waals surface area contributed by atoms with Crippen LogP contribution >= 0.6 is 0 Å². The number of hydrogen-bond donors (Lipinski definition) is 1. The Balaban J connectivity index is 2.11. The largest absolute Gasteiger partial charge is 0.478 e. The van der Waals surface area contributed by atoms with Crippen LogP contribution in [0.3, 0.4) is 0 Å². The topological polar surface area (TPSA) is 67.4 Å². The van der Waals surface area contributed by atoms with Crippen LogP contribution in [0.2, 0.25) is 0 Å². The Morgan fingerprint density at radius 2 is 2.29 bits per heavy atom. The number of nitrogens with zero attached hydrogens (tertiary/aromatic N) is 3. The molecule has 1 N–H and O–H groups in total. The Hall–Kier alpha value is -1.85. The van der Waals surface area contributed by atoms with E-state index in [0.717, 1.165) is 25.1 Å². The summed E-state index contributed by atoms with van der Waals surface area (Å²) in [6.45, 7) is 8.60. The number of carbonyl (C=O) groups is 1. The number of anilines is 1. The standard InChI is InChI=1S/C15H24N4O2/c1-4-16-14(20)12-7-6-8-19(10-12)15-17-11(3)9-13(18-15)21-5-2/h9,12H,4-8,10H2,1-3H3,(H,16,20)/t12-/m0/s1. The summed E-state index contributed by atoms with van der Waals surface area (Å²) in [6, 6.07) is 1.83. The number of rotatable bonds is 5. The van der Waals surface area contributed by atoms with Gasteiger partial charge in [0.05, 0.1) is 12.5 Å². The van der Waals surface area contributed by atoms with Crippen LogP contribution in [0.15, 0.2) is 6.07 Å². The molecule has 0 radical (unpaired) electrons. The predicted octanol–water partition coefficient (Wildman–Crippen LogP) is 1.54. The van der Waals surface area contributed by atoms with E-state index < -0.39 is 0 Å². The first-order valence-corrected chi connectivity index (χ1v) is 7.65. The van der Waals surface area contributed by atoms with E-state index in [1.165, 1.54) is 0 Å². The number of ether oxygens (including phenoxy) is 1. The number of aryl methyl sites for hydroxylation is 1. The summed E-state index contributed by atoms with van der Waals surface area (Å²) in [7, 11) is 0. The van der Waals surface area contributed by atoms with Crippen molar-refractivity contribution >= 4 is 11.9 Å². The monoisotopic (exact) mass is 292 g/mol. The molecule has 1 fully saturated rings. The van der Waals surface area contributed by atoms with E-state index in [4.69, 9.17) is 4.74 Å². The van der Waals surface area contributed by atoms with E-state index in [1.54, 1.807) is 0 Å². The number of hydrogen-bond acceptors (Lipinski definition) is 5. The van der Waals surface area contributed by atoms with Crippen LogP contribution in [-0.2, 0) is 4.79 Å². The fraction of sp³-hybridized carbons (Fsp3) is 0.667. The molecule has 21 heavy (non-hydrogen) atoms. The van der Waals surface area contributed by atoms with Gasteiger partial charge >= 0.3 is 0 Å². The maximum absolute atomic E-state index is 12.0. The zero-order chi connectivity index (χ0) is 15.2. The fourth-order valence-corrected chi connectivity index (χ4v) is 2.58. The highest BCUT2D eigenvalue weighted by Gasteiger charge is 2.27. The third-order valence-corrected chi connectivity index (χ3v) is 3.54. The lowest BCUT2D eigenvalue weighted by atomic mass is 9.97. The Bertz CT molecular complexity index is 493. The Kier molecular flexibility index (Phi) is 5.36. The van der Waals surface area contributed by atoms with Crippen molar-refractivity contribution < 1.29 is 9.53 Å². The van der Waals surface area contributed by atoms with Gasteiger partial charge in [0.2, 0.25) is 17.7 Å². The van der Waals surface area contributed by atoms with Crippen molar-refractivity contribution in [3.63, 3.8) is 0 Å². The van der Waals surface area contributed by atoms with Crippen LogP contribution in [0.1, 0.15) is 32.4 Å². The van der Waals surface area contributed by atoms with Crippen LogP contribution in [0, 0.1) is 12.8 Å². The summed E-state index contributed by atoms with van der Waals surface area (Å²) in [5, 5.41) is 2.90. The fourth-order valence-electron chi connectivity index (χ4n) is 2.58. The predicted molar refractivity (Wildman–Crippen MR) is 81.6 cm³/mol. The van der Waals surface area contributed by atoms with E-state index in [9.17, 15) is 4.79 Å². The Morgan fingerprint density at radius 3 is 3.00 bits per heavy atom. The molecule has 116 valence electrons. The molecule has 2 heterocycles. The molecule has 1 amide bonds. The van der Waals surface area contributed by atoms with Crippen LogP contribution in [-0.4, -0.2) is 42.1 Å². The number of amides is 1. The molecule has 0 bridgehead atoms. The highest BCUT2D eigenvalue weighted by atomic mass is 16.5. The SMILES string of the molecule is CCNC(=O)[C@H]1CCCN(c2nc(C)cc(OCC)n2)C1. The average molecular weight is 292 g/mol. The molecule has 1 atom stereocenters. The zero-order valence-corrected chi connectivity index (χ0v) is 13.1. The van der Waals surface area contributed by atoms with Gasteiger partial charge in [0.25, 0.3) is 0 Å². The van der Waals surface area contributed by atoms with Gasteiger partial charge in [-0.15, -0.1) is 0 Å². The molecular weight excluding hydrogens is 268 g/mol. The minimum Gasteiger partial charge on any atom is -0.478 e. The summed E-state index contributed by atoms with van der Waals surface area (Å²) < 4.78 is 5.47. The van der Waals surface area contributed by atoms with Gasteiger partial charge in [-0.3, -0.25) is 4.79 Å². The molecule has 1 aromatic rings. The summed E-state index contributed by atoms with van der Waals surface area (Å²) in [5.74, 6) is 1.39. The van der Waals surface area contributed by atoms with E-state index in [2.05, 4.69) is 20.2 Å². The van der Waals surface area contributed by atoms with Crippen molar-refractivity contribution in [2.24, 2.45) is 5.92 Å². The number of aromatic nitrogens is 2. The van der Waals surface area contributed by atoms with Gasteiger partial charge in [-0.1, -0.05) is 0 Å². The minimum absolute atomic E-state index is 0.0124. The Morgan fingerprint density at radius 1 is 1.48 bits per heavy atom. The quantitative estimate of drug-likeness (QED) is 0.891. The molecule has 0 saturated carbocycles. The molecule has 1 aliphatic rings. The second-order valence-electron chi connectivity index (χ2n) is 5.26. The minimum atomic E-state index is 0.0124. The van der Waals surface area contributed by atoms with Crippen LogP contribution < -0.4 is 15.0 Å². The zero-order valence-electron chi connectivity index (χ0n) is 13.1. The molecule has 1 aliphatic heterocycles. The maximum Gasteiger partial charge on any atom is 0.228 e. The second-order valence-corrected chi connectivity index (χ2v) is 5.26. The van der Waals surface area contributed by atoms with Gasteiger partial charge in [-0.25, -0.2) is 4.98 Å². The summed E-state index contributed by atoms with van der Waals surface area (Å²) in [5.41, 5.74) is 0.878. The van der Waals surface area contributed by atoms with E-state index in [1.807, 2.05) is 26.8 Å². The van der Waals surface area contributed by atoms with E-state index >= 15 is 0 Å². The van der Waals surface area contributed by atoms with E-state index in [-0.39, 0.29) is 11.8 Å². The lowest BCUT2D eigenvalue weighted by molar-refractivity contribution is -0.125. The number of piperidine rings is 1. The molecule has 0 spiro atoms. The highest BCUT2D eigenvalue weighted by molar-refractivity contribution is 5.79. The summed E-state index contributed by atoms with van der Waals surface area (Å²) in [4.78, 5) is 23.0. The first-order valence-electron chi connectivity index (χ1n) is 7.65. The van der Waals surface area contributed by atoms with Gasteiger partial charge in [0.1, 0.15) is 0 Å². The molecule has 0 aromatic carbocycles. The van der Waals surface area contributed by atoms with Crippen LogP contribution in [0.25, 0.3) is 0 Å². The highest BCUT2D eigenvalue weighted by Crippen LogP contribution is 2.22. The summed E-state index contributed by atoms with van der Waals surface area (Å²) in [6.07, 6.45) is 1.90. The molecule has 0 aliphatic carbocycles. The van der Waals surface area contributed by atoms with E-state index in [0.29, 0.717) is 31.5 Å². The average Bonchev–Trinajstić information content (AvgIpc) is 2.47. The van der Waals surface area contributed by atoms with Gasteiger partial charge in [0, 0.05) is 31.4 Å². The first-order chi connectivity index (χ1) is 10.1. The molecule has 0 unspecified atom stereocenters. The normalized spacial score (nSPS) is 18.4. The third kappa shape index (κ3) is 4.06. The molecule has 2 rings (SSSR count). The van der Waals surface area contributed by atoms with Crippen LogP contribution in [0.4, 0.5) is 5.95 Å². The van der Waals surface area contributed by atoms with Gasteiger partial charge in [-0.05, 0) is 33.6 Å². The molecule has 6 heteroatoms. The molecule has 1 aromatic heterocycles. The molecule has 6 nitrogen and oxygen atoms in total. The Labute approximate surface area is 125 Å². The van der Waals surface area contributed by atoms with Crippen molar-refractivity contribution in [3.8, 4) is 5.88 Å². The lowest BCUT2D eigenvalue weighted by Gasteiger charge is -2.32. The first kappa shape index (κ1) is 15.5. The molecule has 1 saturated heterocycles. The smallest absolute Gasteiger partial charge is 0.228 e. The number of nitrogens with one attached hydrogen (secondary N) is 1. The van der Waals surface area contributed by atoms with Crippen LogP contribution in [0.5, 0.6) is 5.88 Å². The van der Waals surface area contributed by atoms with Crippen molar-refractivity contribution in [3.05, 3.63) is 11.8 Å². The second kappa shape index (κ2) is 7.24. The summed E-state index contributed by atoms with van der Waals surface area (Å²) >= 11 is 0. The van der Waals surface area contributed by atoms with Crippen molar-refractivity contribution in [1.82, 2.24) is 15.3 Å². The van der Waals surface area contributed by atoms with Crippen molar-refractivity contribution in [2.75, 3.05) is 31.1 Å². The van der Waals surface area contributed by atoms with Gasteiger partial charge in [-0.2, -0.15) is 4.98 Å². The van der Waals surface area contributed by atoms with Gasteiger partial charge < -0.3 is 15.0 Å². The third-order valence-electron chi connectivity index (χ3n) is 3.54. The van der Waals surface area contributed by atoms with Gasteiger partial charge in [0.15, 0.2) is 0 Å². The maximum atomic E-state index is 12.0.